The number of anilines is 1. The van der Waals surface area contributed by atoms with E-state index in [-0.39, 0.29) is 12.4 Å². The Balaban J connectivity index is 0.00000256. The second kappa shape index (κ2) is 7.90. The fraction of sp³-hybridized carbons (Fsp3) is 0.750. The van der Waals surface area contributed by atoms with Crippen LogP contribution in [0.3, 0.4) is 0 Å². The lowest BCUT2D eigenvalue weighted by atomic mass is 10.0. The largest absolute Gasteiger partial charge is 0.354 e. The van der Waals surface area contributed by atoms with Gasteiger partial charge >= 0.3 is 0 Å². The van der Waals surface area contributed by atoms with E-state index in [4.69, 9.17) is 0 Å². The molecular weight excluding hydrogens is 254 g/mol. The Morgan fingerprint density at radius 3 is 2.53 bits per heavy atom. The van der Waals surface area contributed by atoms with Gasteiger partial charge in [-0.15, -0.1) is 23.7 Å². The number of nitrogens with one attached hydrogen (secondary N) is 1. The van der Waals surface area contributed by atoms with Crippen LogP contribution in [0.2, 0.25) is 0 Å². The van der Waals surface area contributed by atoms with E-state index >= 15 is 0 Å². The molecule has 0 aliphatic rings. The van der Waals surface area contributed by atoms with E-state index in [0.29, 0.717) is 6.04 Å². The van der Waals surface area contributed by atoms with Crippen LogP contribution >= 0.6 is 23.7 Å². The molecule has 0 spiro atoms. The third-order valence-corrected chi connectivity index (χ3v) is 4.18. The molecule has 0 radical (unpaired) electrons. The van der Waals surface area contributed by atoms with Crippen LogP contribution < -0.4 is 10.2 Å². The van der Waals surface area contributed by atoms with Crippen molar-refractivity contribution in [1.82, 2.24) is 10.3 Å². The number of aromatic nitrogens is 1. The van der Waals surface area contributed by atoms with E-state index < -0.39 is 0 Å². The van der Waals surface area contributed by atoms with Crippen molar-refractivity contribution in [3.8, 4) is 0 Å². The Labute approximate surface area is 115 Å². The standard InChI is InChI=1S/C12H23N3S.ClH/c1-6-9(2)10(3)13-7-11-8-14-12(16-11)15(4)5;/h8-10,13H,6-7H2,1-5H3;1H. The van der Waals surface area contributed by atoms with Crippen molar-refractivity contribution in [1.29, 1.82) is 0 Å². The SMILES string of the molecule is CCC(C)C(C)NCc1cnc(N(C)C)s1.Cl. The molecule has 2 unspecified atom stereocenters. The maximum absolute atomic E-state index is 4.36. The highest BCUT2D eigenvalue weighted by Crippen LogP contribution is 2.20. The maximum Gasteiger partial charge on any atom is 0.185 e. The molecule has 0 bridgehead atoms. The molecule has 0 aliphatic heterocycles. The molecule has 100 valence electrons. The zero-order chi connectivity index (χ0) is 12.1. The molecule has 0 saturated heterocycles. The number of hydrogen-bond donors (Lipinski definition) is 1. The van der Waals surface area contributed by atoms with E-state index in [1.54, 1.807) is 11.3 Å². The summed E-state index contributed by atoms with van der Waals surface area (Å²) in [5, 5.41) is 4.63. The highest BCUT2D eigenvalue weighted by atomic mass is 35.5. The normalized spacial score (nSPS) is 13.9. The van der Waals surface area contributed by atoms with Gasteiger partial charge in [-0.05, 0) is 12.8 Å². The molecule has 3 nitrogen and oxygen atoms in total. The van der Waals surface area contributed by atoms with Gasteiger partial charge in [0, 0.05) is 37.8 Å². The molecule has 0 fully saturated rings. The Morgan fingerprint density at radius 2 is 2.06 bits per heavy atom. The molecule has 1 rings (SSSR count). The number of nitrogens with zero attached hydrogens (tertiary/aromatic N) is 2. The van der Waals surface area contributed by atoms with Crippen molar-refractivity contribution in [3.05, 3.63) is 11.1 Å². The minimum atomic E-state index is 0. The quantitative estimate of drug-likeness (QED) is 0.866. The molecule has 2 atom stereocenters. The number of halogens is 1. The maximum atomic E-state index is 4.36. The smallest absolute Gasteiger partial charge is 0.185 e. The van der Waals surface area contributed by atoms with E-state index in [2.05, 4.69) is 31.1 Å². The minimum absolute atomic E-state index is 0. The van der Waals surface area contributed by atoms with Crippen molar-refractivity contribution >= 4 is 28.9 Å². The molecule has 1 aromatic rings. The topological polar surface area (TPSA) is 28.2 Å². The first kappa shape index (κ1) is 16.7. The Morgan fingerprint density at radius 1 is 1.41 bits per heavy atom. The summed E-state index contributed by atoms with van der Waals surface area (Å²) in [6, 6.07) is 0.565. The van der Waals surface area contributed by atoms with Crippen LogP contribution in [0, 0.1) is 5.92 Å². The minimum Gasteiger partial charge on any atom is -0.354 e. The number of rotatable bonds is 6. The highest BCUT2D eigenvalue weighted by Gasteiger charge is 2.10. The predicted molar refractivity (Wildman–Crippen MR) is 79.4 cm³/mol. The Hall–Kier alpha value is -0.320. The van der Waals surface area contributed by atoms with E-state index in [9.17, 15) is 0 Å². The van der Waals surface area contributed by atoms with Crippen LogP contribution in [0.4, 0.5) is 5.13 Å². The lowest BCUT2D eigenvalue weighted by molar-refractivity contribution is 0.390. The molecule has 0 saturated carbocycles. The average molecular weight is 278 g/mol. The highest BCUT2D eigenvalue weighted by molar-refractivity contribution is 7.15. The number of thiazole rings is 1. The van der Waals surface area contributed by atoms with Gasteiger partial charge < -0.3 is 10.2 Å². The third-order valence-electron chi connectivity index (χ3n) is 3.02. The van der Waals surface area contributed by atoms with Gasteiger partial charge in [-0.1, -0.05) is 20.3 Å². The van der Waals surface area contributed by atoms with Crippen LogP contribution in [0.5, 0.6) is 0 Å². The van der Waals surface area contributed by atoms with Gasteiger partial charge in [-0.3, -0.25) is 0 Å². The third kappa shape index (κ3) is 5.23. The molecule has 0 aromatic carbocycles. The molecular formula is C12H24ClN3S. The van der Waals surface area contributed by atoms with Gasteiger partial charge in [0.15, 0.2) is 5.13 Å². The molecule has 17 heavy (non-hydrogen) atoms. The van der Waals surface area contributed by atoms with Gasteiger partial charge in [0.05, 0.1) is 0 Å². The molecule has 5 heteroatoms. The summed E-state index contributed by atoms with van der Waals surface area (Å²) in [7, 11) is 4.05. The van der Waals surface area contributed by atoms with Crippen molar-refractivity contribution in [2.24, 2.45) is 5.92 Å². The lowest BCUT2D eigenvalue weighted by Gasteiger charge is -2.19. The van der Waals surface area contributed by atoms with E-state index in [1.807, 2.05) is 25.2 Å². The van der Waals surface area contributed by atoms with Crippen LogP contribution in [0.1, 0.15) is 32.1 Å². The van der Waals surface area contributed by atoms with E-state index in [1.165, 1.54) is 11.3 Å². The first-order valence-electron chi connectivity index (χ1n) is 5.90. The summed E-state index contributed by atoms with van der Waals surface area (Å²) < 4.78 is 0. The van der Waals surface area contributed by atoms with Crippen LogP contribution in [0.25, 0.3) is 0 Å². The zero-order valence-corrected chi connectivity index (χ0v) is 13.0. The Kier molecular flexibility index (Phi) is 7.75. The fourth-order valence-electron chi connectivity index (χ4n) is 1.40. The second-order valence-electron chi connectivity index (χ2n) is 4.56. The van der Waals surface area contributed by atoms with Crippen LogP contribution in [-0.4, -0.2) is 25.1 Å². The van der Waals surface area contributed by atoms with Crippen LogP contribution in [0.15, 0.2) is 6.20 Å². The van der Waals surface area contributed by atoms with Gasteiger partial charge in [-0.2, -0.15) is 0 Å². The summed E-state index contributed by atoms with van der Waals surface area (Å²) in [5.74, 6) is 0.723. The number of hydrogen-bond acceptors (Lipinski definition) is 4. The van der Waals surface area contributed by atoms with Gasteiger partial charge in [-0.25, -0.2) is 4.98 Å². The summed E-state index contributed by atoms with van der Waals surface area (Å²) in [6.45, 7) is 7.70. The first-order valence-corrected chi connectivity index (χ1v) is 6.71. The monoisotopic (exact) mass is 277 g/mol. The summed E-state index contributed by atoms with van der Waals surface area (Å²) in [4.78, 5) is 7.72. The molecule has 1 aromatic heterocycles. The Bertz CT molecular complexity index is 314. The fourth-order valence-corrected chi connectivity index (χ4v) is 2.19. The average Bonchev–Trinajstić information content (AvgIpc) is 2.73. The van der Waals surface area contributed by atoms with E-state index in [0.717, 1.165) is 17.6 Å². The van der Waals surface area contributed by atoms with Crippen molar-refractivity contribution < 1.29 is 0 Å². The molecule has 1 heterocycles. The van der Waals surface area contributed by atoms with Crippen molar-refractivity contribution in [3.63, 3.8) is 0 Å². The van der Waals surface area contributed by atoms with Gasteiger partial charge in [0.25, 0.3) is 0 Å². The second-order valence-corrected chi connectivity index (χ2v) is 5.65. The summed E-state index contributed by atoms with van der Waals surface area (Å²) in [5.41, 5.74) is 0. The molecule has 0 amide bonds. The zero-order valence-electron chi connectivity index (χ0n) is 11.4. The van der Waals surface area contributed by atoms with Crippen LogP contribution in [-0.2, 0) is 6.54 Å². The van der Waals surface area contributed by atoms with Crippen molar-refractivity contribution in [2.75, 3.05) is 19.0 Å². The molecule has 1 N–H and O–H groups in total. The first-order chi connectivity index (χ1) is 7.54. The predicted octanol–water partition coefficient (Wildman–Crippen LogP) is 3.16. The summed E-state index contributed by atoms with van der Waals surface area (Å²) in [6.07, 6.45) is 3.19. The van der Waals surface area contributed by atoms with Crippen molar-refractivity contribution in [2.45, 2.75) is 39.8 Å². The van der Waals surface area contributed by atoms with Gasteiger partial charge in [0.1, 0.15) is 0 Å². The summed E-state index contributed by atoms with van der Waals surface area (Å²) >= 11 is 1.75. The molecule has 0 aliphatic carbocycles. The van der Waals surface area contributed by atoms with Gasteiger partial charge in [0.2, 0.25) is 0 Å². The lowest BCUT2D eigenvalue weighted by Crippen LogP contribution is -2.31.